The zero-order valence-corrected chi connectivity index (χ0v) is 18.0. The van der Waals surface area contributed by atoms with Crippen molar-refractivity contribution in [2.24, 2.45) is 4.99 Å². The molecule has 0 atom stereocenters. The summed E-state index contributed by atoms with van der Waals surface area (Å²) >= 11 is 13.2. The molecule has 5 aromatic rings. The Labute approximate surface area is 187 Å². The monoisotopic (exact) mass is 446 g/mol. The van der Waals surface area contributed by atoms with E-state index in [1.165, 1.54) is 11.3 Å². The molecule has 5 rings (SSSR count). The Morgan fingerprint density at radius 3 is 2.47 bits per heavy atom. The highest BCUT2D eigenvalue weighted by molar-refractivity contribution is 7.73. The molecule has 0 aliphatic rings. The van der Waals surface area contributed by atoms with Gasteiger partial charge in [-0.15, -0.1) is 0 Å². The Hall–Kier alpha value is -3.06. The van der Waals surface area contributed by atoms with E-state index < -0.39 is 0 Å². The van der Waals surface area contributed by atoms with Crippen molar-refractivity contribution in [3.8, 4) is 16.4 Å². The molecular weight excluding hydrogens is 432 g/mol. The van der Waals surface area contributed by atoms with Crippen LogP contribution in [0.5, 0.6) is 0 Å². The number of thiazole rings is 1. The van der Waals surface area contributed by atoms with Crippen LogP contribution in [0, 0.1) is 3.95 Å². The molecule has 146 valence electrons. The number of aliphatic imine (C=N–C) groups is 1. The minimum Gasteiger partial charge on any atom is -0.337 e. The van der Waals surface area contributed by atoms with Crippen LogP contribution in [0.3, 0.4) is 0 Å². The van der Waals surface area contributed by atoms with Crippen molar-refractivity contribution in [3.05, 3.63) is 93.4 Å². The third kappa shape index (κ3) is 3.61. The maximum atomic E-state index is 6.01. The summed E-state index contributed by atoms with van der Waals surface area (Å²) in [7, 11) is 0. The first-order valence-electron chi connectivity index (χ1n) is 9.25. The highest BCUT2D eigenvalue weighted by Crippen LogP contribution is 2.38. The fourth-order valence-corrected chi connectivity index (χ4v) is 4.64. The molecule has 7 heteroatoms. The van der Waals surface area contributed by atoms with Crippen LogP contribution in [0.1, 0.15) is 5.56 Å². The van der Waals surface area contributed by atoms with E-state index in [1.54, 1.807) is 0 Å². The van der Waals surface area contributed by atoms with Gasteiger partial charge in [0.05, 0.1) is 11.0 Å². The van der Waals surface area contributed by atoms with Gasteiger partial charge in [-0.3, -0.25) is 4.57 Å². The van der Waals surface area contributed by atoms with E-state index in [2.05, 4.69) is 4.98 Å². The van der Waals surface area contributed by atoms with E-state index in [0.29, 0.717) is 8.98 Å². The number of H-pyrrole nitrogens is 1. The number of nitrogens with zero attached hydrogens (tertiary/aromatic N) is 3. The zero-order chi connectivity index (χ0) is 20.5. The van der Waals surface area contributed by atoms with Gasteiger partial charge >= 0.3 is 0 Å². The van der Waals surface area contributed by atoms with E-state index in [1.807, 2.05) is 89.6 Å². The maximum Gasteiger partial charge on any atom is 0.168 e. The van der Waals surface area contributed by atoms with Gasteiger partial charge in [-0.1, -0.05) is 65.4 Å². The Morgan fingerprint density at radius 1 is 0.967 bits per heavy atom. The summed E-state index contributed by atoms with van der Waals surface area (Å²) < 4.78 is 2.69. The van der Waals surface area contributed by atoms with Gasteiger partial charge in [0.2, 0.25) is 0 Å². The maximum absolute atomic E-state index is 6.01. The lowest BCUT2D eigenvalue weighted by atomic mass is 10.2. The third-order valence-electron chi connectivity index (χ3n) is 4.61. The minimum atomic E-state index is 0.692. The van der Waals surface area contributed by atoms with Gasteiger partial charge in [-0.25, -0.2) is 9.98 Å². The smallest absolute Gasteiger partial charge is 0.168 e. The molecule has 0 amide bonds. The third-order valence-corrected chi connectivity index (χ3v) is 6.23. The fourth-order valence-electron chi connectivity index (χ4n) is 3.19. The first-order valence-corrected chi connectivity index (χ1v) is 10.9. The number of aromatic amines is 1. The second-order valence-electron chi connectivity index (χ2n) is 6.60. The van der Waals surface area contributed by atoms with Gasteiger partial charge in [0, 0.05) is 16.9 Å². The summed E-state index contributed by atoms with van der Waals surface area (Å²) in [6.45, 7) is 0. The number of fused-ring (bicyclic) bond motifs is 1. The number of halogens is 1. The molecule has 4 nitrogen and oxygen atoms in total. The molecule has 0 saturated heterocycles. The van der Waals surface area contributed by atoms with Gasteiger partial charge in [0.1, 0.15) is 4.88 Å². The largest absolute Gasteiger partial charge is 0.337 e. The summed E-state index contributed by atoms with van der Waals surface area (Å²) in [5.74, 6) is 1.50. The number of imidazole rings is 1. The SMILES string of the molecule is S=c1sc(-c2nc3ccccc3[nH]2)c(/N=C/c2ccc(Cl)cc2)n1-c1ccccc1. The minimum absolute atomic E-state index is 0.692. The van der Waals surface area contributed by atoms with E-state index in [0.717, 1.165) is 38.8 Å². The average molecular weight is 447 g/mol. The Bertz CT molecular complexity index is 1380. The van der Waals surface area contributed by atoms with E-state index in [-0.39, 0.29) is 0 Å². The van der Waals surface area contributed by atoms with Gasteiger partial charge in [0.25, 0.3) is 0 Å². The summed E-state index contributed by atoms with van der Waals surface area (Å²) in [4.78, 5) is 13.9. The quantitative estimate of drug-likeness (QED) is 0.234. The van der Waals surface area contributed by atoms with Crippen molar-refractivity contribution in [3.63, 3.8) is 0 Å². The number of hydrogen-bond acceptors (Lipinski definition) is 4. The predicted molar refractivity (Wildman–Crippen MR) is 128 cm³/mol. The Morgan fingerprint density at radius 2 is 1.70 bits per heavy atom. The van der Waals surface area contributed by atoms with Gasteiger partial charge in [-0.2, -0.15) is 0 Å². The highest BCUT2D eigenvalue weighted by Gasteiger charge is 2.18. The number of para-hydroxylation sites is 3. The summed E-state index contributed by atoms with van der Waals surface area (Å²) in [6.07, 6.45) is 1.82. The van der Waals surface area contributed by atoms with E-state index in [4.69, 9.17) is 33.8 Å². The van der Waals surface area contributed by atoms with Gasteiger partial charge < -0.3 is 4.98 Å². The van der Waals surface area contributed by atoms with Crippen molar-refractivity contribution in [2.75, 3.05) is 0 Å². The summed E-state index contributed by atoms with van der Waals surface area (Å²) in [5.41, 5.74) is 3.80. The first-order chi connectivity index (χ1) is 14.7. The number of aromatic nitrogens is 3. The van der Waals surface area contributed by atoms with Crippen molar-refractivity contribution >= 4 is 58.2 Å². The molecule has 0 saturated carbocycles. The number of hydrogen-bond donors (Lipinski definition) is 1. The molecule has 0 aliphatic heterocycles. The normalized spacial score (nSPS) is 11.5. The molecule has 0 fully saturated rings. The fraction of sp³-hybridized carbons (Fsp3) is 0. The van der Waals surface area contributed by atoms with Crippen molar-refractivity contribution in [2.45, 2.75) is 0 Å². The summed E-state index contributed by atoms with van der Waals surface area (Å²) in [6, 6.07) is 25.5. The molecule has 3 aromatic carbocycles. The van der Waals surface area contributed by atoms with Crippen LogP contribution in [-0.4, -0.2) is 20.7 Å². The van der Waals surface area contributed by atoms with Crippen LogP contribution in [-0.2, 0) is 0 Å². The lowest BCUT2D eigenvalue weighted by Gasteiger charge is -2.06. The van der Waals surface area contributed by atoms with E-state index >= 15 is 0 Å². The second-order valence-corrected chi connectivity index (χ2v) is 8.68. The van der Waals surface area contributed by atoms with E-state index in [9.17, 15) is 0 Å². The standard InChI is InChI=1S/C23H15ClN4S2/c24-16-12-10-15(11-13-16)14-25-22-20(21-26-18-8-4-5-9-19(18)27-21)30-23(29)28(22)17-6-2-1-3-7-17/h1-14H,(H,26,27)/b25-14+. The first kappa shape index (κ1) is 18.9. The van der Waals surface area contributed by atoms with Crippen molar-refractivity contribution in [1.29, 1.82) is 0 Å². The molecule has 0 unspecified atom stereocenters. The lowest BCUT2D eigenvalue weighted by Crippen LogP contribution is -1.93. The second kappa shape index (κ2) is 7.99. The molecule has 30 heavy (non-hydrogen) atoms. The van der Waals surface area contributed by atoms with Crippen LogP contribution < -0.4 is 0 Å². The molecule has 1 N–H and O–H groups in total. The molecule has 2 heterocycles. The molecule has 0 bridgehead atoms. The summed E-state index contributed by atoms with van der Waals surface area (Å²) in [5, 5.41) is 0.692. The molecule has 0 spiro atoms. The molecular formula is C23H15ClN4S2. The van der Waals surface area contributed by atoms with Crippen molar-refractivity contribution in [1.82, 2.24) is 14.5 Å². The molecule has 0 aliphatic carbocycles. The number of benzene rings is 3. The number of rotatable bonds is 4. The van der Waals surface area contributed by atoms with Crippen LogP contribution in [0.25, 0.3) is 27.4 Å². The van der Waals surface area contributed by atoms with Crippen molar-refractivity contribution < 1.29 is 0 Å². The van der Waals surface area contributed by atoms with Crippen LogP contribution in [0.2, 0.25) is 5.02 Å². The van der Waals surface area contributed by atoms with Crippen LogP contribution in [0.15, 0.2) is 83.9 Å². The predicted octanol–water partition coefficient (Wildman–Crippen LogP) is 7.22. The van der Waals surface area contributed by atoms with Gasteiger partial charge in [-0.05, 0) is 54.2 Å². The molecule has 2 aromatic heterocycles. The Balaban J connectivity index is 1.70. The average Bonchev–Trinajstić information content (AvgIpc) is 3.34. The Kier molecular flexibility index (Phi) is 5.04. The van der Waals surface area contributed by atoms with Gasteiger partial charge in [0.15, 0.2) is 15.6 Å². The van der Waals surface area contributed by atoms with Crippen LogP contribution >= 0.6 is 35.2 Å². The lowest BCUT2D eigenvalue weighted by molar-refractivity contribution is 1.06. The van der Waals surface area contributed by atoms with Crippen LogP contribution in [0.4, 0.5) is 5.82 Å². The highest BCUT2D eigenvalue weighted by atomic mass is 35.5. The zero-order valence-electron chi connectivity index (χ0n) is 15.6. The number of nitrogens with one attached hydrogen (secondary N) is 1. The molecule has 0 radical (unpaired) electrons. The topological polar surface area (TPSA) is 46.0 Å².